The van der Waals surface area contributed by atoms with Gasteiger partial charge in [0.05, 0.1) is 5.25 Å². The summed E-state index contributed by atoms with van der Waals surface area (Å²) in [6.07, 6.45) is 0. The Balaban J connectivity index is 2.49. The second kappa shape index (κ2) is 4.47. The Bertz CT molecular complexity index is 630. The van der Waals surface area contributed by atoms with Crippen LogP contribution >= 0.6 is 11.6 Å². The van der Waals surface area contributed by atoms with Gasteiger partial charge in [-0.05, 0) is 17.7 Å². The average Bonchev–Trinajstić information content (AvgIpc) is 2.98. The summed E-state index contributed by atoms with van der Waals surface area (Å²) in [4.78, 5) is 11.3. The number of carboxylic acids is 1. The molecule has 1 aliphatic carbocycles. The zero-order valence-corrected chi connectivity index (χ0v) is 11.8. The minimum absolute atomic E-state index is 0.138. The first-order valence-electron chi connectivity index (χ1n) is 5.74. The number of carboxylic acid groups (broad SMARTS) is 1. The van der Waals surface area contributed by atoms with Crippen molar-refractivity contribution in [3.8, 4) is 0 Å². The molecular weight excluding hydrogens is 290 g/mol. The number of halogens is 1. The molecule has 7 heteroatoms. The van der Waals surface area contributed by atoms with Crippen molar-refractivity contribution in [2.75, 3.05) is 5.75 Å². The molecule has 2 rings (SSSR count). The molecule has 5 nitrogen and oxygen atoms in total. The van der Waals surface area contributed by atoms with Crippen molar-refractivity contribution < 1.29 is 18.3 Å². The van der Waals surface area contributed by atoms with E-state index in [9.17, 15) is 18.3 Å². The van der Waals surface area contributed by atoms with Crippen LogP contribution in [0.3, 0.4) is 0 Å². The van der Waals surface area contributed by atoms with Crippen LogP contribution < -0.4 is 5.73 Å². The van der Waals surface area contributed by atoms with Gasteiger partial charge in [0, 0.05) is 16.7 Å². The van der Waals surface area contributed by atoms with Crippen molar-refractivity contribution in [1.29, 1.82) is 0 Å². The van der Waals surface area contributed by atoms with Gasteiger partial charge >= 0.3 is 5.97 Å². The number of hydrogen-bond acceptors (Lipinski definition) is 4. The summed E-state index contributed by atoms with van der Waals surface area (Å²) < 4.78 is 23.9. The first kappa shape index (κ1) is 14.3. The van der Waals surface area contributed by atoms with Crippen LogP contribution in [-0.2, 0) is 14.6 Å². The van der Waals surface area contributed by atoms with Crippen LogP contribution in [0.25, 0.3) is 0 Å². The zero-order chi connectivity index (χ0) is 14.4. The minimum atomic E-state index is -3.54. The van der Waals surface area contributed by atoms with Crippen LogP contribution in [0.2, 0.25) is 5.02 Å². The van der Waals surface area contributed by atoms with E-state index in [4.69, 9.17) is 17.3 Å². The summed E-state index contributed by atoms with van der Waals surface area (Å²) in [6, 6.07) is 6.48. The SMILES string of the molecule is CCS(=O)(=O)[C@@H]1[C@H](c2cccc(Cl)c2)[C@@]1(N)C(=O)O. The predicted octanol–water partition coefficient (Wildman–Crippen LogP) is 1.02. The van der Waals surface area contributed by atoms with Gasteiger partial charge < -0.3 is 10.8 Å². The maximum atomic E-state index is 12.0. The molecule has 3 atom stereocenters. The molecule has 1 aromatic rings. The van der Waals surface area contributed by atoms with Crippen molar-refractivity contribution in [1.82, 2.24) is 0 Å². The van der Waals surface area contributed by atoms with Crippen LogP contribution in [-0.4, -0.2) is 36.0 Å². The molecule has 0 radical (unpaired) electrons. The van der Waals surface area contributed by atoms with E-state index in [1.54, 1.807) is 24.3 Å². The fourth-order valence-corrected chi connectivity index (χ4v) is 4.58. The van der Waals surface area contributed by atoms with Gasteiger partial charge in [0.15, 0.2) is 9.84 Å². The molecule has 0 spiro atoms. The number of sulfone groups is 1. The van der Waals surface area contributed by atoms with Crippen LogP contribution in [0.15, 0.2) is 24.3 Å². The number of carbonyl (C=O) groups is 1. The van der Waals surface area contributed by atoms with Crippen molar-refractivity contribution in [2.24, 2.45) is 5.73 Å². The lowest BCUT2D eigenvalue weighted by molar-refractivity contribution is -0.139. The van der Waals surface area contributed by atoms with Gasteiger partial charge in [0.2, 0.25) is 0 Å². The van der Waals surface area contributed by atoms with Crippen LogP contribution in [0.5, 0.6) is 0 Å². The summed E-state index contributed by atoms with van der Waals surface area (Å²) >= 11 is 5.85. The summed E-state index contributed by atoms with van der Waals surface area (Å²) in [6.45, 7) is 1.48. The molecule has 0 bridgehead atoms. The lowest BCUT2D eigenvalue weighted by atomic mass is 10.1. The maximum absolute atomic E-state index is 12.0. The summed E-state index contributed by atoms with van der Waals surface area (Å²) in [7, 11) is -3.54. The highest BCUT2D eigenvalue weighted by Crippen LogP contribution is 2.54. The maximum Gasteiger partial charge on any atom is 0.325 e. The first-order valence-corrected chi connectivity index (χ1v) is 7.83. The second-order valence-electron chi connectivity index (χ2n) is 4.64. The Morgan fingerprint density at radius 1 is 1.53 bits per heavy atom. The molecule has 1 saturated carbocycles. The molecule has 1 aliphatic rings. The van der Waals surface area contributed by atoms with Gasteiger partial charge in [-0.15, -0.1) is 0 Å². The van der Waals surface area contributed by atoms with Crippen molar-refractivity contribution in [3.05, 3.63) is 34.9 Å². The predicted molar refractivity (Wildman–Crippen MR) is 72.0 cm³/mol. The lowest BCUT2D eigenvalue weighted by Gasteiger charge is -2.05. The third-order valence-electron chi connectivity index (χ3n) is 3.55. The second-order valence-corrected chi connectivity index (χ2v) is 7.49. The van der Waals surface area contributed by atoms with Crippen molar-refractivity contribution in [3.63, 3.8) is 0 Å². The third-order valence-corrected chi connectivity index (χ3v) is 6.02. The average molecular weight is 304 g/mol. The Morgan fingerprint density at radius 3 is 2.63 bits per heavy atom. The largest absolute Gasteiger partial charge is 0.480 e. The van der Waals surface area contributed by atoms with Gasteiger partial charge in [-0.3, -0.25) is 4.79 Å². The first-order chi connectivity index (χ1) is 8.75. The van der Waals surface area contributed by atoms with Gasteiger partial charge in [-0.25, -0.2) is 8.42 Å². The fourth-order valence-electron chi connectivity index (χ4n) is 2.46. The van der Waals surface area contributed by atoms with E-state index in [0.717, 1.165) is 0 Å². The smallest absolute Gasteiger partial charge is 0.325 e. The monoisotopic (exact) mass is 303 g/mol. The van der Waals surface area contributed by atoms with Crippen LogP contribution in [0, 0.1) is 0 Å². The van der Waals surface area contributed by atoms with E-state index in [2.05, 4.69) is 0 Å². The molecule has 0 saturated heterocycles. The number of aliphatic carboxylic acids is 1. The highest BCUT2D eigenvalue weighted by molar-refractivity contribution is 7.92. The van der Waals surface area contributed by atoms with Gasteiger partial charge in [-0.2, -0.15) is 0 Å². The lowest BCUT2D eigenvalue weighted by Crippen LogP contribution is -2.40. The molecule has 0 aromatic heterocycles. The van der Waals surface area contributed by atoms with E-state index < -0.39 is 32.5 Å². The summed E-state index contributed by atoms with van der Waals surface area (Å²) in [5, 5.41) is 8.55. The number of nitrogens with two attached hydrogens (primary N) is 1. The summed E-state index contributed by atoms with van der Waals surface area (Å²) in [5.74, 6) is -2.20. The highest BCUT2D eigenvalue weighted by Gasteiger charge is 2.73. The van der Waals surface area contributed by atoms with E-state index in [0.29, 0.717) is 10.6 Å². The Kier molecular flexibility index (Phi) is 3.36. The number of rotatable bonds is 4. The topological polar surface area (TPSA) is 97.5 Å². The van der Waals surface area contributed by atoms with E-state index in [1.807, 2.05) is 0 Å². The van der Waals surface area contributed by atoms with E-state index in [1.165, 1.54) is 6.92 Å². The molecule has 0 aliphatic heterocycles. The summed E-state index contributed by atoms with van der Waals surface area (Å²) in [5.41, 5.74) is 4.58. The highest BCUT2D eigenvalue weighted by atomic mass is 35.5. The Morgan fingerprint density at radius 2 is 2.16 bits per heavy atom. The quantitative estimate of drug-likeness (QED) is 0.865. The van der Waals surface area contributed by atoms with Crippen LogP contribution in [0.1, 0.15) is 18.4 Å². The molecule has 3 N–H and O–H groups in total. The molecule has 0 unspecified atom stereocenters. The molecule has 0 amide bonds. The molecule has 1 aromatic carbocycles. The normalized spacial score (nSPS) is 30.1. The third kappa shape index (κ3) is 2.13. The molecular formula is C12H14ClNO4S. The number of benzene rings is 1. The minimum Gasteiger partial charge on any atom is -0.480 e. The molecule has 0 heterocycles. The van der Waals surface area contributed by atoms with Crippen molar-refractivity contribution in [2.45, 2.75) is 23.6 Å². The number of hydrogen-bond donors (Lipinski definition) is 2. The zero-order valence-electron chi connectivity index (χ0n) is 10.2. The molecule has 19 heavy (non-hydrogen) atoms. The van der Waals surface area contributed by atoms with E-state index in [-0.39, 0.29) is 5.75 Å². The van der Waals surface area contributed by atoms with Crippen molar-refractivity contribution >= 4 is 27.4 Å². The Hall–Kier alpha value is -1.11. The van der Waals surface area contributed by atoms with E-state index >= 15 is 0 Å². The molecule has 1 fully saturated rings. The molecule has 104 valence electrons. The van der Waals surface area contributed by atoms with Gasteiger partial charge in [0.25, 0.3) is 0 Å². The van der Waals surface area contributed by atoms with Gasteiger partial charge in [-0.1, -0.05) is 30.7 Å². The Labute approximate surface area is 116 Å². The standard InChI is InChI=1S/C12H14ClNO4S/c1-2-19(17,18)10-9(12(10,14)11(15)16)7-4-3-5-8(13)6-7/h3-6,9-10H,2,14H2,1H3,(H,15,16)/t9-,10+,12-/m0/s1. The van der Waals surface area contributed by atoms with Gasteiger partial charge in [0.1, 0.15) is 5.54 Å². The fraction of sp³-hybridized carbons (Fsp3) is 0.417. The van der Waals surface area contributed by atoms with Crippen LogP contribution in [0.4, 0.5) is 0 Å².